The largest absolute Gasteiger partial charge is 0.380 e. The Labute approximate surface area is 125 Å². The maximum absolute atomic E-state index is 5.38. The highest BCUT2D eigenvalue weighted by atomic mass is 16.5. The molecule has 1 saturated heterocycles. The van der Waals surface area contributed by atoms with Gasteiger partial charge in [0.25, 0.3) is 0 Å². The Bertz CT molecular complexity index is 577. The van der Waals surface area contributed by atoms with Crippen molar-refractivity contribution >= 4 is 11.4 Å². The highest BCUT2D eigenvalue weighted by molar-refractivity contribution is 5.49. The van der Waals surface area contributed by atoms with Gasteiger partial charge < -0.3 is 15.0 Å². The number of morpholine rings is 1. The standard InChI is InChI=1S/C17H21N3O/c1-14-10-16(13-18-11-14)19-12-15-2-4-17(5-3-15)20-6-8-21-9-7-20/h2-5,10-11,13,19H,6-9,12H2,1H3. The molecular formula is C17H21N3O. The first-order valence-electron chi connectivity index (χ1n) is 7.38. The van der Waals surface area contributed by atoms with E-state index >= 15 is 0 Å². The van der Waals surface area contributed by atoms with E-state index < -0.39 is 0 Å². The van der Waals surface area contributed by atoms with Gasteiger partial charge in [0.1, 0.15) is 0 Å². The summed E-state index contributed by atoms with van der Waals surface area (Å²) in [7, 11) is 0. The second-order valence-corrected chi connectivity index (χ2v) is 5.37. The molecule has 1 aromatic heterocycles. The summed E-state index contributed by atoms with van der Waals surface area (Å²) in [5.41, 5.74) is 4.78. The van der Waals surface area contributed by atoms with Crippen molar-refractivity contribution in [3.63, 3.8) is 0 Å². The number of aryl methyl sites for hydroxylation is 1. The third-order valence-electron chi connectivity index (χ3n) is 3.68. The van der Waals surface area contributed by atoms with Crippen LogP contribution in [-0.2, 0) is 11.3 Å². The van der Waals surface area contributed by atoms with Crippen molar-refractivity contribution < 1.29 is 4.74 Å². The Kier molecular flexibility index (Phi) is 4.36. The first kappa shape index (κ1) is 13.9. The number of aromatic nitrogens is 1. The molecule has 4 heteroatoms. The van der Waals surface area contributed by atoms with Crippen LogP contribution in [-0.4, -0.2) is 31.3 Å². The zero-order valence-corrected chi connectivity index (χ0v) is 12.4. The van der Waals surface area contributed by atoms with Gasteiger partial charge in [0.2, 0.25) is 0 Å². The van der Waals surface area contributed by atoms with Gasteiger partial charge in [-0.15, -0.1) is 0 Å². The highest BCUT2D eigenvalue weighted by Gasteiger charge is 2.10. The van der Waals surface area contributed by atoms with E-state index in [1.54, 1.807) is 0 Å². The quantitative estimate of drug-likeness (QED) is 0.936. The Hall–Kier alpha value is -2.07. The summed E-state index contributed by atoms with van der Waals surface area (Å²) < 4.78 is 5.38. The minimum absolute atomic E-state index is 0.814. The zero-order chi connectivity index (χ0) is 14.5. The van der Waals surface area contributed by atoms with E-state index in [9.17, 15) is 0 Å². The number of anilines is 2. The van der Waals surface area contributed by atoms with Gasteiger partial charge in [-0.25, -0.2) is 0 Å². The first-order chi connectivity index (χ1) is 10.3. The van der Waals surface area contributed by atoms with Crippen LogP contribution >= 0.6 is 0 Å². The van der Waals surface area contributed by atoms with Gasteiger partial charge in [0.15, 0.2) is 0 Å². The molecule has 1 fully saturated rings. The average Bonchev–Trinajstić information content (AvgIpc) is 2.54. The second-order valence-electron chi connectivity index (χ2n) is 5.37. The van der Waals surface area contributed by atoms with Crippen LogP contribution < -0.4 is 10.2 Å². The molecule has 1 aliphatic heterocycles. The Morgan fingerprint density at radius 3 is 2.62 bits per heavy atom. The number of rotatable bonds is 4. The number of ether oxygens (including phenoxy) is 1. The average molecular weight is 283 g/mol. The smallest absolute Gasteiger partial charge is 0.0642 e. The topological polar surface area (TPSA) is 37.4 Å². The van der Waals surface area contributed by atoms with Crippen molar-refractivity contribution in [2.75, 3.05) is 36.5 Å². The number of pyridine rings is 1. The molecule has 0 aliphatic carbocycles. The molecule has 1 aliphatic rings. The summed E-state index contributed by atoms with van der Waals surface area (Å²) in [5, 5.41) is 3.40. The predicted molar refractivity (Wildman–Crippen MR) is 85.8 cm³/mol. The van der Waals surface area contributed by atoms with Gasteiger partial charge in [-0.3, -0.25) is 4.98 Å². The molecule has 0 atom stereocenters. The van der Waals surface area contributed by atoms with E-state index in [0.29, 0.717) is 0 Å². The fourth-order valence-electron chi connectivity index (χ4n) is 2.50. The molecule has 4 nitrogen and oxygen atoms in total. The van der Waals surface area contributed by atoms with Crippen molar-refractivity contribution in [1.29, 1.82) is 0 Å². The molecule has 0 bridgehead atoms. The summed E-state index contributed by atoms with van der Waals surface area (Å²) in [4.78, 5) is 6.56. The van der Waals surface area contributed by atoms with Crippen LogP contribution in [0.25, 0.3) is 0 Å². The summed E-state index contributed by atoms with van der Waals surface area (Å²) in [6.07, 6.45) is 3.72. The van der Waals surface area contributed by atoms with Gasteiger partial charge in [0.05, 0.1) is 18.9 Å². The molecule has 1 N–H and O–H groups in total. The lowest BCUT2D eigenvalue weighted by atomic mass is 10.2. The van der Waals surface area contributed by atoms with Crippen LogP contribution in [0, 0.1) is 6.92 Å². The predicted octanol–water partition coefficient (Wildman–Crippen LogP) is 2.84. The van der Waals surface area contributed by atoms with Crippen molar-refractivity contribution in [3.8, 4) is 0 Å². The van der Waals surface area contributed by atoms with Gasteiger partial charge in [0, 0.05) is 37.7 Å². The van der Waals surface area contributed by atoms with E-state index in [0.717, 1.165) is 38.5 Å². The van der Waals surface area contributed by atoms with Gasteiger partial charge >= 0.3 is 0 Å². The monoisotopic (exact) mass is 283 g/mol. The van der Waals surface area contributed by atoms with Crippen molar-refractivity contribution in [2.24, 2.45) is 0 Å². The summed E-state index contributed by atoms with van der Waals surface area (Å²) >= 11 is 0. The summed E-state index contributed by atoms with van der Waals surface area (Å²) in [6.45, 7) is 6.47. The molecule has 2 aromatic rings. The minimum Gasteiger partial charge on any atom is -0.380 e. The molecule has 0 unspecified atom stereocenters. The minimum atomic E-state index is 0.814. The van der Waals surface area contributed by atoms with Crippen LogP contribution in [0.4, 0.5) is 11.4 Å². The number of benzene rings is 1. The van der Waals surface area contributed by atoms with Crippen LogP contribution in [0.2, 0.25) is 0 Å². The maximum atomic E-state index is 5.38. The fraction of sp³-hybridized carbons (Fsp3) is 0.353. The van der Waals surface area contributed by atoms with Gasteiger partial charge in [-0.05, 0) is 36.2 Å². The number of hydrogen-bond acceptors (Lipinski definition) is 4. The number of hydrogen-bond donors (Lipinski definition) is 1. The van der Waals surface area contributed by atoms with E-state index in [4.69, 9.17) is 4.74 Å². The molecule has 21 heavy (non-hydrogen) atoms. The highest BCUT2D eigenvalue weighted by Crippen LogP contribution is 2.17. The SMILES string of the molecule is Cc1cncc(NCc2ccc(N3CCOCC3)cc2)c1. The zero-order valence-electron chi connectivity index (χ0n) is 12.4. The van der Waals surface area contributed by atoms with Gasteiger partial charge in [-0.1, -0.05) is 12.1 Å². The third-order valence-corrected chi connectivity index (χ3v) is 3.68. The van der Waals surface area contributed by atoms with Crippen LogP contribution in [0.1, 0.15) is 11.1 Å². The van der Waals surface area contributed by atoms with Crippen LogP contribution in [0.5, 0.6) is 0 Å². The molecule has 0 spiro atoms. The molecule has 0 amide bonds. The second kappa shape index (κ2) is 6.59. The Morgan fingerprint density at radius 1 is 1.14 bits per heavy atom. The normalized spacial score (nSPS) is 15.0. The van der Waals surface area contributed by atoms with E-state index in [1.165, 1.54) is 16.8 Å². The van der Waals surface area contributed by atoms with Crippen molar-refractivity contribution in [3.05, 3.63) is 53.9 Å². The number of nitrogens with one attached hydrogen (secondary N) is 1. The summed E-state index contributed by atoms with van der Waals surface area (Å²) in [6, 6.07) is 10.9. The fourth-order valence-corrected chi connectivity index (χ4v) is 2.50. The Morgan fingerprint density at radius 2 is 1.90 bits per heavy atom. The van der Waals surface area contributed by atoms with E-state index in [2.05, 4.69) is 52.5 Å². The Balaban J connectivity index is 1.59. The molecule has 110 valence electrons. The lowest BCUT2D eigenvalue weighted by molar-refractivity contribution is 0.122. The number of nitrogens with zero attached hydrogens (tertiary/aromatic N) is 2. The summed E-state index contributed by atoms with van der Waals surface area (Å²) in [5.74, 6) is 0. The van der Waals surface area contributed by atoms with Crippen molar-refractivity contribution in [2.45, 2.75) is 13.5 Å². The maximum Gasteiger partial charge on any atom is 0.0642 e. The lowest BCUT2D eigenvalue weighted by Gasteiger charge is -2.28. The van der Waals surface area contributed by atoms with Crippen LogP contribution in [0.3, 0.4) is 0 Å². The first-order valence-corrected chi connectivity index (χ1v) is 7.38. The molecule has 0 saturated carbocycles. The lowest BCUT2D eigenvalue weighted by Crippen LogP contribution is -2.36. The molecule has 0 radical (unpaired) electrons. The van der Waals surface area contributed by atoms with E-state index in [-0.39, 0.29) is 0 Å². The van der Waals surface area contributed by atoms with E-state index in [1.807, 2.05) is 12.4 Å². The van der Waals surface area contributed by atoms with Crippen molar-refractivity contribution in [1.82, 2.24) is 4.98 Å². The molecule has 1 aromatic carbocycles. The molecular weight excluding hydrogens is 262 g/mol. The van der Waals surface area contributed by atoms with Gasteiger partial charge in [-0.2, -0.15) is 0 Å². The molecule has 2 heterocycles. The molecule has 3 rings (SSSR count). The van der Waals surface area contributed by atoms with Crippen LogP contribution in [0.15, 0.2) is 42.7 Å². The third kappa shape index (κ3) is 3.73.